The molecular formula is C11H10N2O2. The minimum absolute atomic E-state index is 0.150. The summed E-state index contributed by atoms with van der Waals surface area (Å²) in [6, 6.07) is 7.25. The number of hydrogen-bond acceptors (Lipinski definition) is 3. The molecule has 2 rings (SSSR count). The SMILES string of the molecule is COc1ccc(-n2ccncc2=O)cc1. The van der Waals surface area contributed by atoms with E-state index >= 15 is 0 Å². The zero-order chi connectivity index (χ0) is 10.7. The molecule has 1 aromatic carbocycles. The van der Waals surface area contributed by atoms with Gasteiger partial charge in [0.25, 0.3) is 5.56 Å². The molecule has 4 nitrogen and oxygen atoms in total. The Morgan fingerprint density at radius 1 is 1.27 bits per heavy atom. The third kappa shape index (κ3) is 1.88. The molecule has 15 heavy (non-hydrogen) atoms. The molecule has 76 valence electrons. The molecule has 0 unspecified atom stereocenters. The highest BCUT2D eigenvalue weighted by Crippen LogP contribution is 2.12. The van der Waals surface area contributed by atoms with E-state index in [0.717, 1.165) is 11.4 Å². The smallest absolute Gasteiger partial charge is 0.273 e. The molecule has 0 fully saturated rings. The van der Waals surface area contributed by atoms with E-state index in [-0.39, 0.29) is 5.56 Å². The quantitative estimate of drug-likeness (QED) is 0.736. The van der Waals surface area contributed by atoms with Gasteiger partial charge in [-0.15, -0.1) is 0 Å². The van der Waals surface area contributed by atoms with E-state index in [1.165, 1.54) is 10.8 Å². The van der Waals surface area contributed by atoms with Gasteiger partial charge in [-0.3, -0.25) is 14.3 Å². The molecule has 0 radical (unpaired) electrons. The zero-order valence-corrected chi connectivity index (χ0v) is 8.25. The van der Waals surface area contributed by atoms with Crippen molar-refractivity contribution in [2.45, 2.75) is 0 Å². The predicted molar refractivity (Wildman–Crippen MR) is 56.4 cm³/mol. The van der Waals surface area contributed by atoms with E-state index in [2.05, 4.69) is 4.98 Å². The van der Waals surface area contributed by atoms with Crippen molar-refractivity contribution in [1.29, 1.82) is 0 Å². The first-order chi connectivity index (χ1) is 7.31. The van der Waals surface area contributed by atoms with Gasteiger partial charge in [-0.2, -0.15) is 0 Å². The van der Waals surface area contributed by atoms with Gasteiger partial charge in [0.05, 0.1) is 13.3 Å². The van der Waals surface area contributed by atoms with Gasteiger partial charge in [0.15, 0.2) is 0 Å². The number of methoxy groups -OCH3 is 1. The summed E-state index contributed by atoms with van der Waals surface area (Å²) in [6.07, 6.45) is 4.49. The van der Waals surface area contributed by atoms with Crippen molar-refractivity contribution in [1.82, 2.24) is 9.55 Å². The Balaban J connectivity index is 2.46. The lowest BCUT2D eigenvalue weighted by Gasteiger charge is -2.05. The van der Waals surface area contributed by atoms with Crippen molar-refractivity contribution in [2.75, 3.05) is 7.11 Å². The molecule has 0 aliphatic heterocycles. The summed E-state index contributed by atoms with van der Waals surface area (Å²) in [5.41, 5.74) is 0.644. The van der Waals surface area contributed by atoms with E-state index in [9.17, 15) is 4.79 Å². The van der Waals surface area contributed by atoms with Crippen LogP contribution in [0.2, 0.25) is 0 Å². The average molecular weight is 202 g/mol. The van der Waals surface area contributed by atoms with E-state index in [1.54, 1.807) is 19.5 Å². The molecular weight excluding hydrogens is 192 g/mol. The normalized spacial score (nSPS) is 9.93. The van der Waals surface area contributed by atoms with Crippen LogP contribution in [0.25, 0.3) is 5.69 Å². The Morgan fingerprint density at radius 3 is 2.60 bits per heavy atom. The number of benzene rings is 1. The lowest BCUT2D eigenvalue weighted by atomic mass is 10.3. The minimum Gasteiger partial charge on any atom is -0.497 e. The molecule has 0 N–H and O–H groups in total. The maximum absolute atomic E-state index is 11.4. The first-order valence-electron chi connectivity index (χ1n) is 4.48. The summed E-state index contributed by atoms with van der Waals surface area (Å²) in [6.45, 7) is 0. The van der Waals surface area contributed by atoms with Crippen LogP contribution in [0.15, 0.2) is 47.7 Å². The highest BCUT2D eigenvalue weighted by atomic mass is 16.5. The summed E-state index contributed by atoms with van der Waals surface area (Å²) >= 11 is 0. The molecule has 0 saturated carbocycles. The highest BCUT2D eigenvalue weighted by molar-refractivity contribution is 5.37. The van der Waals surface area contributed by atoms with Crippen molar-refractivity contribution in [3.63, 3.8) is 0 Å². The van der Waals surface area contributed by atoms with Gasteiger partial charge in [0.1, 0.15) is 5.75 Å². The van der Waals surface area contributed by atoms with Crippen LogP contribution in [0.3, 0.4) is 0 Å². The van der Waals surface area contributed by atoms with Crippen LogP contribution in [-0.2, 0) is 0 Å². The number of hydrogen-bond donors (Lipinski definition) is 0. The fraction of sp³-hybridized carbons (Fsp3) is 0.0909. The van der Waals surface area contributed by atoms with Crippen LogP contribution < -0.4 is 10.3 Å². The van der Waals surface area contributed by atoms with E-state index in [4.69, 9.17) is 4.74 Å². The molecule has 0 aliphatic carbocycles. The summed E-state index contributed by atoms with van der Waals surface area (Å²) in [5, 5.41) is 0. The summed E-state index contributed by atoms with van der Waals surface area (Å²) < 4.78 is 6.56. The van der Waals surface area contributed by atoms with Crippen LogP contribution in [0.4, 0.5) is 0 Å². The third-order valence-corrected chi connectivity index (χ3v) is 2.07. The Labute approximate surface area is 86.8 Å². The molecule has 1 aromatic heterocycles. The molecule has 0 aliphatic rings. The summed E-state index contributed by atoms with van der Waals surface area (Å²) in [7, 11) is 1.60. The standard InChI is InChI=1S/C11H10N2O2/c1-15-10-4-2-9(3-5-10)13-7-6-12-8-11(13)14/h2-8H,1H3. The van der Waals surface area contributed by atoms with Gasteiger partial charge in [-0.05, 0) is 24.3 Å². The molecule has 0 bridgehead atoms. The maximum atomic E-state index is 11.4. The van der Waals surface area contributed by atoms with Gasteiger partial charge >= 0.3 is 0 Å². The second kappa shape index (κ2) is 3.96. The molecule has 1 heterocycles. The van der Waals surface area contributed by atoms with Crippen molar-refractivity contribution in [3.8, 4) is 11.4 Å². The lowest BCUT2D eigenvalue weighted by Crippen LogP contribution is -2.16. The maximum Gasteiger partial charge on any atom is 0.273 e. The molecule has 0 amide bonds. The van der Waals surface area contributed by atoms with Gasteiger partial charge in [0.2, 0.25) is 0 Å². The van der Waals surface area contributed by atoms with Crippen molar-refractivity contribution >= 4 is 0 Å². The monoisotopic (exact) mass is 202 g/mol. The summed E-state index contributed by atoms with van der Waals surface area (Å²) in [4.78, 5) is 15.2. The second-order valence-electron chi connectivity index (χ2n) is 2.98. The Kier molecular flexibility index (Phi) is 2.49. The number of aromatic nitrogens is 2. The predicted octanol–water partition coefficient (Wildman–Crippen LogP) is 1.24. The van der Waals surface area contributed by atoms with Crippen molar-refractivity contribution < 1.29 is 4.74 Å². The number of nitrogens with zero attached hydrogens (tertiary/aromatic N) is 2. The molecule has 4 heteroatoms. The Bertz CT molecular complexity index is 502. The van der Waals surface area contributed by atoms with Crippen LogP contribution in [0.1, 0.15) is 0 Å². The van der Waals surface area contributed by atoms with Crippen LogP contribution >= 0.6 is 0 Å². The fourth-order valence-electron chi connectivity index (χ4n) is 1.30. The highest BCUT2D eigenvalue weighted by Gasteiger charge is 1.98. The Morgan fingerprint density at radius 2 is 2.00 bits per heavy atom. The molecule has 0 atom stereocenters. The van der Waals surface area contributed by atoms with Crippen molar-refractivity contribution in [2.24, 2.45) is 0 Å². The third-order valence-electron chi connectivity index (χ3n) is 2.07. The van der Waals surface area contributed by atoms with Crippen LogP contribution in [0.5, 0.6) is 5.75 Å². The van der Waals surface area contributed by atoms with Gasteiger partial charge < -0.3 is 4.74 Å². The molecule has 0 spiro atoms. The minimum atomic E-state index is -0.150. The first kappa shape index (κ1) is 9.45. The van der Waals surface area contributed by atoms with Crippen LogP contribution in [0, 0.1) is 0 Å². The second-order valence-corrected chi connectivity index (χ2v) is 2.98. The van der Waals surface area contributed by atoms with E-state index in [0.29, 0.717) is 0 Å². The van der Waals surface area contributed by atoms with E-state index in [1.807, 2.05) is 24.3 Å². The van der Waals surface area contributed by atoms with Gasteiger partial charge in [0, 0.05) is 18.1 Å². The van der Waals surface area contributed by atoms with Crippen molar-refractivity contribution in [3.05, 3.63) is 53.2 Å². The molecule has 0 saturated heterocycles. The summed E-state index contributed by atoms with van der Waals surface area (Å²) in [5.74, 6) is 0.765. The largest absolute Gasteiger partial charge is 0.497 e. The topological polar surface area (TPSA) is 44.1 Å². The number of rotatable bonds is 2. The molecule has 2 aromatic rings. The average Bonchev–Trinajstić information content (AvgIpc) is 2.30. The van der Waals surface area contributed by atoms with Gasteiger partial charge in [-0.1, -0.05) is 0 Å². The fourth-order valence-corrected chi connectivity index (χ4v) is 1.30. The van der Waals surface area contributed by atoms with Gasteiger partial charge in [-0.25, -0.2) is 0 Å². The first-order valence-corrected chi connectivity index (χ1v) is 4.48. The Hall–Kier alpha value is -2.10. The zero-order valence-electron chi connectivity index (χ0n) is 8.25. The lowest BCUT2D eigenvalue weighted by molar-refractivity contribution is 0.414. The van der Waals surface area contributed by atoms with Crippen LogP contribution in [-0.4, -0.2) is 16.7 Å². The van der Waals surface area contributed by atoms with E-state index < -0.39 is 0 Å². The number of ether oxygens (including phenoxy) is 1.